The van der Waals surface area contributed by atoms with Crippen LogP contribution in [0.4, 0.5) is 5.82 Å². The maximum absolute atomic E-state index is 14.2. The Morgan fingerprint density at radius 3 is 2.64 bits per heavy atom. The van der Waals surface area contributed by atoms with Crippen LogP contribution in [0.1, 0.15) is 55.2 Å². The number of benzene rings is 1. The lowest BCUT2D eigenvalue weighted by Crippen LogP contribution is -2.60. The number of nitrogens with two attached hydrogens (primary N) is 1. The third-order valence-corrected chi connectivity index (χ3v) is 7.09. The summed E-state index contributed by atoms with van der Waals surface area (Å²) in [6.45, 7) is 1.27. The Labute approximate surface area is 197 Å². The van der Waals surface area contributed by atoms with Crippen molar-refractivity contribution >= 4 is 34.4 Å². The van der Waals surface area contributed by atoms with Crippen molar-refractivity contribution in [1.82, 2.24) is 20.3 Å². The number of hydrogen-bond donors (Lipinski definition) is 4. The molecule has 1 aliphatic carbocycles. The summed E-state index contributed by atoms with van der Waals surface area (Å²) < 4.78 is 0. The minimum atomic E-state index is -1.02. The molecule has 3 aromatic rings. The number of carbonyl (C=O) groups is 1. The Morgan fingerprint density at radius 1 is 1.24 bits per heavy atom. The van der Waals surface area contributed by atoms with Crippen molar-refractivity contribution in [3.8, 4) is 0 Å². The van der Waals surface area contributed by atoms with Crippen molar-refractivity contribution in [2.45, 2.75) is 49.6 Å². The zero-order chi connectivity index (χ0) is 23.0. The van der Waals surface area contributed by atoms with Gasteiger partial charge in [0.2, 0.25) is 5.91 Å². The topological polar surface area (TPSA) is 120 Å². The summed E-state index contributed by atoms with van der Waals surface area (Å²) >= 11 is 6.14. The minimum absolute atomic E-state index is 0.0902. The zero-order valence-corrected chi connectivity index (χ0v) is 19.2. The molecular formula is C24H29ClN6O2. The number of aliphatic hydroxyl groups excluding tert-OH is 1. The Bertz CT molecular complexity index is 1140. The maximum Gasteiger partial charge on any atom is 0.248 e. The van der Waals surface area contributed by atoms with Gasteiger partial charge in [-0.15, -0.1) is 0 Å². The summed E-state index contributed by atoms with van der Waals surface area (Å²) in [5.41, 5.74) is 8.43. The first-order chi connectivity index (χ1) is 16.0. The van der Waals surface area contributed by atoms with Crippen molar-refractivity contribution in [2.24, 2.45) is 5.73 Å². The van der Waals surface area contributed by atoms with Gasteiger partial charge in [0.1, 0.15) is 17.8 Å². The minimum Gasteiger partial charge on any atom is -0.396 e. The van der Waals surface area contributed by atoms with Crippen LogP contribution in [0.5, 0.6) is 0 Å². The molecular weight excluding hydrogens is 440 g/mol. The van der Waals surface area contributed by atoms with Crippen molar-refractivity contribution < 1.29 is 9.90 Å². The lowest BCUT2D eigenvalue weighted by atomic mass is 9.86. The first kappa shape index (κ1) is 22.3. The van der Waals surface area contributed by atoms with Gasteiger partial charge in [-0.3, -0.25) is 9.69 Å². The van der Waals surface area contributed by atoms with Crippen LogP contribution in [0, 0.1) is 0 Å². The molecule has 2 aliphatic rings. The smallest absolute Gasteiger partial charge is 0.248 e. The molecule has 8 nitrogen and oxygen atoms in total. The standard InChI is InChI=1S/C24H29ClN6O2/c25-17-5-3-16(4-6-17)19(7-12-32)31(23(33)24(26)8-10-27-11-9-24)22-20-18(15-1-2-15)13-28-21(20)29-14-30-22/h3-6,13-15,19,27,32H,1-2,7-12,26H2,(H,28,29,30)/t19-/m0/s1. The van der Waals surface area contributed by atoms with Gasteiger partial charge in [-0.05, 0) is 74.4 Å². The summed E-state index contributed by atoms with van der Waals surface area (Å²) in [5, 5.41) is 14.7. The first-order valence-electron chi connectivity index (χ1n) is 11.5. The summed E-state index contributed by atoms with van der Waals surface area (Å²) in [6, 6.07) is 6.94. The van der Waals surface area contributed by atoms with Crippen LogP contribution in [0.25, 0.3) is 11.0 Å². The number of aromatic amines is 1. The molecule has 5 N–H and O–H groups in total. The predicted octanol–water partition coefficient (Wildman–Crippen LogP) is 3.03. The molecule has 0 unspecified atom stereocenters. The molecule has 1 aromatic carbocycles. The summed E-state index contributed by atoms with van der Waals surface area (Å²) in [7, 11) is 0. The molecule has 0 bridgehead atoms. The monoisotopic (exact) mass is 468 g/mol. The molecule has 174 valence electrons. The lowest BCUT2D eigenvalue weighted by Gasteiger charge is -2.40. The molecule has 33 heavy (non-hydrogen) atoms. The number of rotatable bonds is 7. The van der Waals surface area contributed by atoms with Crippen LogP contribution in [-0.2, 0) is 4.79 Å². The predicted molar refractivity (Wildman–Crippen MR) is 128 cm³/mol. The second-order valence-corrected chi connectivity index (χ2v) is 9.54. The van der Waals surface area contributed by atoms with E-state index in [1.54, 1.807) is 17.0 Å². The van der Waals surface area contributed by atoms with E-state index in [4.69, 9.17) is 17.3 Å². The van der Waals surface area contributed by atoms with Crippen LogP contribution in [-0.4, -0.2) is 51.2 Å². The van der Waals surface area contributed by atoms with Crippen LogP contribution in [0.2, 0.25) is 5.02 Å². The Kier molecular flexibility index (Phi) is 6.09. The third kappa shape index (κ3) is 4.24. The first-order valence-corrected chi connectivity index (χ1v) is 11.9. The number of H-pyrrole nitrogens is 1. The average Bonchev–Trinajstić information content (AvgIpc) is 3.58. The Morgan fingerprint density at radius 2 is 1.97 bits per heavy atom. The van der Waals surface area contributed by atoms with E-state index < -0.39 is 11.6 Å². The van der Waals surface area contributed by atoms with Crippen LogP contribution < -0.4 is 16.0 Å². The number of fused-ring (bicyclic) bond motifs is 1. The number of nitrogens with zero attached hydrogens (tertiary/aromatic N) is 3. The Balaban J connectivity index is 1.69. The summed E-state index contributed by atoms with van der Waals surface area (Å²) in [4.78, 5) is 28.3. The number of nitrogens with one attached hydrogen (secondary N) is 2. The summed E-state index contributed by atoms with van der Waals surface area (Å²) in [6.07, 6.45) is 7.09. The highest BCUT2D eigenvalue weighted by Crippen LogP contribution is 2.46. The number of halogens is 1. The van der Waals surface area contributed by atoms with Gasteiger partial charge in [0, 0.05) is 17.8 Å². The number of carbonyl (C=O) groups excluding carboxylic acids is 1. The quantitative estimate of drug-likeness (QED) is 0.423. The van der Waals surface area contributed by atoms with E-state index in [-0.39, 0.29) is 12.5 Å². The van der Waals surface area contributed by atoms with E-state index in [0.29, 0.717) is 54.8 Å². The fourth-order valence-corrected chi connectivity index (χ4v) is 4.96. The molecule has 0 radical (unpaired) electrons. The molecule has 0 spiro atoms. The summed E-state index contributed by atoms with van der Waals surface area (Å²) in [5.74, 6) is 0.809. The van der Waals surface area contributed by atoms with Crippen LogP contribution in [0.3, 0.4) is 0 Å². The van der Waals surface area contributed by atoms with E-state index >= 15 is 0 Å². The van der Waals surface area contributed by atoms with E-state index in [1.807, 2.05) is 18.3 Å². The number of aliphatic hydroxyl groups is 1. The molecule has 2 fully saturated rings. The molecule has 1 atom stereocenters. The number of piperidine rings is 1. The van der Waals surface area contributed by atoms with Gasteiger partial charge in [-0.25, -0.2) is 9.97 Å². The lowest BCUT2D eigenvalue weighted by molar-refractivity contribution is -0.125. The van der Waals surface area contributed by atoms with Crippen LogP contribution in [0.15, 0.2) is 36.8 Å². The zero-order valence-electron chi connectivity index (χ0n) is 18.4. The third-order valence-electron chi connectivity index (χ3n) is 6.84. The van der Waals surface area contributed by atoms with Crippen molar-refractivity contribution in [2.75, 3.05) is 24.6 Å². The largest absolute Gasteiger partial charge is 0.396 e. The van der Waals surface area contributed by atoms with Crippen molar-refractivity contribution in [3.63, 3.8) is 0 Å². The van der Waals surface area contributed by atoms with Crippen LogP contribution >= 0.6 is 11.6 Å². The van der Waals surface area contributed by atoms with E-state index in [1.165, 1.54) is 6.33 Å². The number of amides is 1. The van der Waals surface area contributed by atoms with Gasteiger partial charge in [-0.1, -0.05) is 23.7 Å². The maximum atomic E-state index is 14.2. The van der Waals surface area contributed by atoms with Gasteiger partial charge in [0.05, 0.1) is 17.0 Å². The fourth-order valence-electron chi connectivity index (χ4n) is 4.83. The molecule has 1 amide bonds. The highest BCUT2D eigenvalue weighted by atomic mass is 35.5. The number of aromatic nitrogens is 3. The fraction of sp³-hybridized carbons (Fsp3) is 0.458. The van der Waals surface area contributed by atoms with E-state index in [0.717, 1.165) is 29.4 Å². The molecule has 2 aromatic heterocycles. The van der Waals surface area contributed by atoms with Gasteiger partial charge >= 0.3 is 0 Å². The average molecular weight is 469 g/mol. The number of hydrogen-bond acceptors (Lipinski definition) is 6. The van der Waals surface area contributed by atoms with Gasteiger partial charge < -0.3 is 21.1 Å². The molecule has 3 heterocycles. The molecule has 1 aliphatic heterocycles. The molecule has 1 saturated heterocycles. The van der Waals surface area contributed by atoms with Crippen molar-refractivity contribution in [3.05, 3.63) is 52.9 Å². The van der Waals surface area contributed by atoms with E-state index in [2.05, 4.69) is 20.3 Å². The highest BCUT2D eigenvalue weighted by molar-refractivity contribution is 6.30. The molecule has 1 saturated carbocycles. The van der Waals surface area contributed by atoms with Crippen molar-refractivity contribution in [1.29, 1.82) is 0 Å². The van der Waals surface area contributed by atoms with Gasteiger partial charge in [0.15, 0.2) is 0 Å². The SMILES string of the molecule is NC1(C(=O)N(c2ncnc3[nH]cc(C4CC4)c23)[C@@H](CCO)c2ccc(Cl)cc2)CCNCC1. The molecule has 9 heteroatoms. The van der Waals surface area contributed by atoms with Gasteiger partial charge in [-0.2, -0.15) is 0 Å². The Hall–Kier alpha value is -2.52. The van der Waals surface area contributed by atoms with E-state index in [9.17, 15) is 9.90 Å². The van der Waals surface area contributed by atoms with Gasteiger partial charge in [0.25, 0.3) is 0 Å². The normalized spacial score (nSPS) is 18.9. The number of anilines is 1. The second kappa shape index (κ2) is 9.02. The second-order valence-electron chi connectivity index (χ2n) is 9.10. The highest BCUT2D eigenvalue weighted by Gasteiger charge is 2.43. The molecule has 5 rings (SSSR count).